The highest BCUT2D eigenvalue weighted by Gasteiger charge is 2.20. The lowest BCUT2D eigenvalue weighted by Gasteiger charge is -2.28. The zero-order chi connectivity index (χ0) is 23.8. The first-order valence-electron chi connectivity index (χ1n) is 12.2. The number of nitrogens with zero attached hydrogens (tertiary/aromatic N) is 3. The van der Waals surface area contributed by atoms with Crippen LogP contribution in [0.4, 0.5) is 0 Å². The highest BCUT2D eigenvalue weighted by Crippen LogP contribution is 2.35. The average Bonchev–Trinajstić information content (AvgIpc) is 2.88. The van der Waals surface area contributed by atoms with Crippen LogP contribution in [0, 0.1) is 0 Å². The number of unbranched alkanes of at least 4 members (excludes halogenated alkanes) is 1. The van der Waals surface area contributed by atoms with Crippen LogP contribution >= 0.6 is 24.8 Å². The minimum Gasteiger partial charge on any atom is -0.493 e. The van der Waals surface area contributed by atoms with E-state index in [-0.39, 0.29) is 30.9 Å². The number of halogens is 2. The molecule has 0 bridgehead atoms. The molecule has 0 N–H and O–H groups in total. The summed E-state index contributed by atoms with van der Waals surface area (Å²) in [5.41, 5.74) is 4.17. The van der Waals surface area contributed by atoms with Crippen LogP contribution in [0.2, 0.25) is 0 Å². The number of likely N-dealkylation sites (tertiary alicyclic amines) is 1. The third kappa shape index (κ3) is 7.99. The zero-order valence-electron chi connectivity index (χ0n) is 21.3. The molecule has 0 spiro atoms. The van der Waals surface area contributed by atoms with E-state index in [1.54, 1.807) is 7.11 Å². The molecule has 6 nitrogen and oxygen atoms in total. The molecule has 1 saturated heterocycles. The fourth-order valence-corrected chi connectivity index (χ4v) is 4.20. The monoisotopic (exact) mass is 533 g/mol. The summed E-state index contributed by atoms with van der Waals surface area (Å²) in [5.74, 6) is 2.01. The number of methoxy groups -OCH3 is 1. The van der Waals surface area contributed by atoms with Gasteiger partial charge in [0.2, 0.25) is 5.88 Å². The van der Waals surface area contributed by atoms with Gasteiger partial charge in [-0.2, -0.15) is 5.10 Å². The molecule has 0 unspecified atom stereocenters. The van der Waals surface area contributed by atoms with Crippen LogP contribution in [0.5, 0.6) is 17.4 Å². The Bertz CT molecular complexity index is 1060. The van der Waals surface area contributed by atoms with Gasteiger partial charge in [0.25, 0.3) is 0 Å². The van der Waals surface area contributed by atoms with Gasteiger partial charge in [0.05, 0.1) is 12.8 Å². The van der Waals surface area contributed by atoms with Crippen LogP contribution in [0.25, 0.3) is 11.1 Å². The summed E-state index contributed by atoms with van der Waals surface area (Å²) in [5, 5.41) is 8.98. The first kappa shape index (κ1) is 29.7. The van der Waals surface area contributed by atoms with Gasteiger partial charge in [0, 0.05) is 24.7 Å². The van der Waals surface area contributed by atoms with E-state index in [1.807, 2.05) is 36.4 Å². The summed E-state index contributed by atoms with van der Waals surface area (Å²) < 4.78 is 18.0. The SMILES string of the molecule is CCCCc1nnc(OC2CCN(C)CC2)cc1-c1ccc(OCc2ccccc2)c(OC)c1.Cl.Cl. The number of rotatable bonds is 10. The summed E-state index contributed by atoms with van der Waals surface area (Å²) in [7, 11) is 3.82. The van der Waals surface area contributed by atoms with Crippen molar-refractivity contribution in [2.24, 2.45) is 0 Å². The van der Waals surface area contributed by atoms with E-state index in [0.29, 0.717) is 18.2 Å². The molecule has 36 heavy (non-hydrogen) atoms. The van der Waals surface area contributed by atoms with E-state index in [0.717, 1.165) is 73.3 Å². The molecule has 1 fully saturated rings. The highest BCUT2D eigenvalue weighted by molar-refractivity contribution is 5.85. The van der Waals surface area contributed by atoms with Gasteiger partial charge in [-0.3, -0.25) is 0 Å². The number of piperidine rings is 1. The Morgan fingerprint density at radius 3 is 2.39 bits per heavy atom. The van der Waals surface area contributed by atoms with Crippen molar-refractivity contribution in [3.63, 3.8) is 0 Å². The van der Waals surface area contributed by atoms with Gasteiger partial charge in [-0.1, -0.05) is 49.7 Å². The molecule has 2 aromatic carbocycles. The Kier molecular flexibility index (Phi) is 12.3. The van der Waals surface area contributed by atoms with Crippen molar-refractivity contribution in [3.05, 3.63) is 65.9 Å². The summed E-state index contributed by atoms with van der Waals surface area (Å²) >= 11 is 0. The third-order valence-corrected chi connectivity index (χ3v) is 6.28. The Morgan fingerprint density at radius 1 is 0.944 bits per heavy atom. The Morgan fingerprint density at radius 2 is 1.69 bits per heavy atom. The van der Waals surface area contributed by atoms with Gasteiger partial charge in [-0.15, -0.1) is 29.9 Å². The molecule has 196 valence electrons. The normalized spacial score (nSPS) is 13.9. The largest absolute Gasteiger partial charge is 0.493 e. The van der Waals surface area contributed by atoms with Crippen molar-refractivity contribution in [1.29, 1.82) is 0 Å². The second-order valence-corrected chi connectivity index (χ2v) is 8.91. The quantitative estimate of drug-likeness (QED) is 0.301. The fraction of sp³-hybridized carbons (Fsp3) is 0.429. The van der Waals surface area contributed by atoms with Crippen molar-refractivity contribution < 1.29 is 14.2 Å². The first-order valence-corrected chi connectivity index (χ1v) is 12.2. The standard InChI is InChI=1S/C28H35N3O3.2ClH/c1-4-5-11-25-24(19-28(30-29-25)34-23-14-16-31(2)17-15-23)22-12-13-26(27(18-22)32-3)33-20-21-9-7-6-8-10-21;;/h6-10,12-13,18-19,23H,4-5,11,14-17,20H2,1-3H3;2*1H. The summed E-state index contributed by atoms with van der Waals surface area (Å²) in [4.78, 5) is 2.33. The number of ether oxygens (including phenoxy) is 3. The first-order chi connectivity index (χ1) is 16.7. The molecule has 1 aliphatic rings. The lowest BCUT2D eigenvalue weighted by atomic mass is 10.0. The van der Waals surface area contributed by atoms with Crippen LogP contribution in [0.1, 0.15) is 43.9 Å². The number of hydrogen-bond donors (Lipinski definition) is 0. The van der Waals surface area contributed by atoms with Gasteiger partial charge in [-0.05, 0) is 56.0 Å². The molecule has 1 aromatic heterocycles. The predicted octanol–water partition coefficient (Wildman–Crippen LogP) is 6.39. The maximum Gasteiger partial charge on any atom is 0.234 e. The average molecular weight is 535 g/mol. The van der Waals surface area contributed by atoms with Crippen LogP contribution in [-0.4, -0.2) is 48.4 Å². The zero-order valence-corrected chi connectivity index (χ0v) is 22.9. The van der Waals surface area contributed by atoms with E-state index in [4.69, 9.17) is 14.2 Å². The molecule has 0 radical (unpaired) electrons. The van der Waals surface area contributed by atoms with Gasteiger partial charge in [0.15, 0.2) is 11.5 Å². The Balaban J connectivity index is 0.00000228. The third-order valence-electron chi connectivity index (χ3n) is 6.28. The number of hydrogen-bond acceptors (Lipinski definition) is 6. The van der Waals surface area contributed by atoms with Gasteiger partial charge < -0.3 is 19.1 Å². The van der Waals surface area contributed by atoms with Gasteiger partial charge >= 0.3 is 0 Å². The predicted molar refractivity (Wildman–Crippen MR) is 149 cm³/mol. The number of aryl methyl sites for hydroxylation is 1. The van der Waals surface area contributed by atoms with E-state index < -0.39 is 0 Å². The van der Waals surface area contributed by atoms with Crippen LogP contribution in [0.15, 0.2) is 54.6 Å². The van der Waals surface area contributed by atoms with E-state index in [1.165, 1.54) is 0 Å². The number of benzene rings is 2. The molecule has 0 saturated carbocycles. The summed E-state index contributed by atoms with van der Waals surface area (Å²) in [6.45, 7) is 4.76. The topological polar surface area (TPSA) is 56.7 Å². The van der Waals surface area contributed by atoms with Crippen LogP contribution in [-0.2, 0) is 13.0 Å². The minimum atomic E-state index is 0. The lowest BCUT2D eigenvalue weighted by molar-refractivity contribution is 0.109. The van der Waals surface area contributed by atoms with Gasteiger partial charge in [-0.25, -0.2) is 0 Å². The second-order valence-electron chi connectivity index (χ2n) is 8.91. The molecular weight excluding hydrogens is 497 g/mol. The lowest BCUT2D eigenvalue weighted by Crippen LogP contribution is -2.35. The second kappa shape index (κ2) is 14.9. The van der Waals surface area contributed by atoms with Crippen molar-refractivity contribution in [1.82, 2.24) is 15.1 Å². The molecule has 8 heteroatoms. The van der Waals surface area contributed by atoms with Crippen molar-refractivity contribution in [2.75, 3.05) is 27.2 Å². The summed E-state index contributed by atoms with van der Waals surface area (Å²) in [6.07, 6.45) is 5.24. The van der Waals surface area contributed by atoms with Crippen LogP contribution < -0.4 is 14.2 Å². The van der Waals surface area contributed by atoms with Crippen molar-refractivity contribution in [2.45, 2.75) is 51.7 Å². The van der Waals surface area contributed by atoms with E-state index in [9.17, 15) is 0 Å². The van der Waals surface area contributed by atoms with Crippen LogP contribution in [0.3, 0.4) is 0 Å². The highest BCUT2D eigenvalue weighted by atomic mass is 35.5. The Hall–Kier alpha value is -2.54. The molecule has 0 atom stereocenters. The molecule has 0 amide bonds. The number of aromatic nitrogens is 2. The van der Waals surface area contributed by atoms with Crippen molar-refractivity contribution in [3.8, 4) is 28.5 Å². The molecule has 4 rings (SSSR count). The van der Waals surface area contributed by atoms with E-state index in [2.05, 4.69) is 47.3 Å². The summed E-state index contributed by atoms with van der Waals surface area (Å²) in [6, 6.07) is 18.2. The molecule has 2 heterocycles. The minimum absolute atomic E-state index is 0. The molecule has 0 aliphatic carbocycles. The van der Waals surface area contributed by atoms with E-state index >= 15 is 0 Å². The molecule has 3 aromatic rings. The molecule has 1 aliphatic heterocycles. The van der Waals surface area contributed by atoms with Crippen molar-refractivity contribution >= 4 is 24.8 Å². The maximum atomic E-state index is 6.24. The fourth-order valence-electron chi connectivity index (χ4n) is 4.20. The smallest absolute Gasteiger partial charge is 0.234 e. The van der Waals surface area contributed by atoms with Gasteiger partial charge in [0.1, 0.15) is 12.7 Å². The Labute approximate surface area is 227 Å². The maximum absolute atomic E-state index is 6.24. The molecular formula is C28H37Cl2N3O3.